The number of amides is 2. The lowest BCUT2D eigenvalue weighted by molar-refractivity contribution is -0.123. The van der Waals surface area contributed by atoms with E-state index in [1.54, 1.807) is 7.11 Å². The molecule has 3 aromatic carbocycles. The molecule has 3 aliphatic heterocycles. The SMILES string of the molecule is COc1cc2ccc1O[C@H]1CN(Cc3c(C)noc3C)C[C@@H]1NC(=O)c1ccc(C)c(c1)-c1cccc(c1)OCC(=O)NC2. The molecule has 6 bridgehead atoms. The zero-order valence-electron chi connectivity index (χ0n) is 25.3. The molecule has 4 aromatic rings. The predicted molar refractivity (Wildman–Crippen MR) is 164 cm³/mol. The summed E-state index contributed by atoms with van der Waals surface area (Å²) in [6.07, 6.45) is -0.358. The lowest BCUT2D eigenvalue weighted by Crippen LogP contribution is -2.45. The van der Waals surface area contributed by atoms with E-state index in [-0.39, 0.29) is 30.6 Å². The van der Waals surface area contributed by atoms with Gasteiger partial charge < -0.3 is 29.4 Å². The molecular weight excluding hydrogens is 560 g/mol. The summed E-state index contributed by atoms with van der Waals surface area (Å²) in [7, 11) is 1.58. The number of carbonyl (C=O) groups is 2. The van der Waals surface area contributed by atoms with Crippen LogP contribution in [0.3, 0.4) is 0 Å². The average Bonchev–Trinajstić information content (AvgIpc) is 3.55. The van der Waals surface area contributed by atoms with Crippen LogP contribution in [0.2, 0.25) is 0 Å². The van der Waals surface area contributed by atoms with Gasteiger partial charge in [-0.05, 0) is 79.4 Å². The molecule has 10 heteroatoms. The standard InChI is InChI=1S/C34H36N4O6/c1-20-8-10-25-14-27(20)24-6-5-7-26(13-24)42-19-33(39)35-15-23-9-11-30(31(12-23)41-4)43-32-18-38(17-29(32)36-34(25)40)16-28-21(2)37-44-22(28)3/h5-14,29,32H,15-19H2,1-4H3,(H,35,39)(H,36,40)/t29-,32-/m0/s1. The van der Waals surface area contributed by atoms with Gasteiger partial charge in [0.1, 0.15) is 17.6 Å². The molecule has 7 rings (SSSR count). The van der Waals surface area contributed by atoms with Crippen LogP contribution in [-0.2, 0) is 17.9 Å². The predicted octanol–water partition coefficient (Wildman–Crippen LogP) is 4.35. The first-order valence-corrected chi connectivity index (χ1v) is 14.7. The fourth-order valence-corrected chi connectivity index (χ4v) is 5.75. The number of aromatic nitrogens is 1. The molecule has 4 heterocycles. The van der Waals surface area contributed by atoms with Crippen molar-refractivity contribution in [2.45, 2.75) is 46.0 Å². The van der Waals surface area contributed by atoms with Gasteiger partial charge in [-0.1, -0.05) is 29.4 Å². The molecule has 1 saturated heterocycles. The van der Waals surface area contributed by atoms with Crippen LogP contribution in [0.15, 0.2) is 65.2 Å². The Bertz CT molecular complexity index is 1680. The second-order valence-corrected chi connectivity index (χ2v) is 11.3. The summed E-state index contributed by atoms with van der Waals surface area (Å²) < 4.78 is 23.4. The first-order chi connectivity index (χ1) is 21.3. The maximum atomic E-state index is 13.7. The summed E-state index contributed by atoms with van der Waals surface area (Å²) in [6, 6.07) is 18.5. The second kappa shape index (κ2) is 12.4. The van der Waals surface area contributed by atoms with Gasteiger partial charge in [-0.25, -0.2) is 0 Å². The van der Waals surface area contributed by atoms with E-state index in [9.17, 15) is 9.59 Å². The topological polar surface area (TPSA) is 115 Å². The molecule has 1 fully saturated rings. The number of nitrogens with zero attached hydrogens (tertiary/aromatic N) is 2. The third-order valence-electron chi connectivity index (χ3n) is 8.23. The fraction of sp³-hybridized carbons (Fsp3) is 0.324. The van der Waals surface area contributed by atoms with Gasteiger partial charge in [0.2, 0.25) is 0 Å². The molecule has 3 aliphatic rings. The zero-order valence-corrected chi connectivity index (χ0v) is 25.3. The summed E-state index contributed by atoms with van der Waals surface area (Å²) in [5.74, 6) is 2.01. The molecule has 0 radical (unpaired) electrons. The minimum Gasteiger partial charge on any atom is -0.493 e. The first kappa shape index (κ1) is 29.3. The molecule has 0 saturated carbocycles. The number of methoxy groups -OCH3 is 1. The Kier molecular flexibility index (Phi) is 8.25. The van der Waals surface area contributed by atoms with Gasteiger partial charge in [-0.15, -0.1) is 0 Å². The Morgan fingerprint density at radius 2 is 1.86 bits per heavy atom. The number of carbonyl (C=O) groups excluding carboxylic acids is 2. The third-order valence-corrected chi connectivity index (χ3v) is 8.23. The molecule has 2 amide bonds. The van der Waals surface area contributed by atoms with Crippen LogP contribution in [-0.4, -0.2) is 60.8 Å². The molecular formula is C34H36N4O6. The van der Waals surface area contributed by atoms with Crippen molar-refractivity contribution in [2.24, 2.45) is 0 Å². The maximum absolute atomic E-state index is 13.7. The molecule has 44 heavy (non-hydrogen) atoms. The van der Waals surface area contributed by atoms with Crippen LogP contribution in [0.25, 0.3) is 11.1 Å². The summed E-state index contributed by atoms with van der Waals surface area (Å²) in [5.41, 5.74) is 6.09. The molecule has 2 atom stereocenters. The van der Waals surface area contributed by atoms with Gasteiger partial charge in [0.05, 0.1) is 18.8 Å². The van der Waals surface area contributed by atoms with Crippen molar-refractivity contribution in [3.05, 3.63) is 94.4 Å². The Hall–Kier alpha value is -4.83. The fourth-order valence-electron chi connectivity index (χ4n) is 5.75. The lowest BCUT2D eigenvalue weighted by atomic mass is 9.97. The van der Waals surface area contributed by atoms with Crippen molar-refractivity contribution in [1.29, 1.82) is 0 Å². The van der Waals surface area contributed by atoms with Gasteiger partial charge in [0, 0.05) is 37.3 Å². The first-order valence-electron chi connectivity index (χ1n) is 14.7. The second-order valence-electron chi connectivity index (χ2n) is 11.3. The smallest absolute Gasteiger partial charge is 0.258 e. The quantitative estimate of drug-likeness (QED) is 0.359. The van der Waals surface area contributed by atoms with Gasteiger partial charge in [-0.2, -0.15) is 0 Å². The number of fused-ring (bicyclic) bond motifs is 7. The van der Waals surface area contributed by atoms with Gasteiger partial charge in [-0.3, -0.25) is 14.5 Å². The number of hydrogen-bond donors (Lipinski definition) is 2. The molecule has 1 aromatic heterocycles. The van der Waals surface area contributed by atoms with E-state index in [0.717, 1.165) is 39.3 Å². The maximum Gasteiger partial charge on any atom is 0.258 e. The van der Waals surface area contributed by atoms with E-state index >= 15 is 0 Å². The Morgan fingerprint density at radius 1 is 1.00 bits per heavy atom. The normalized spacial score (nSPS) is 18.9. The number of aryl methyl sites for hydroxylation is 3. The van der Waals surface area contributed by atoms with Crippen molar-refractivity contribution in [3.63, 3.8) is 0 Å². The van der Waals surface area contributed by atoms with E-state index in [2.05, 4.69) is 20.7 Å². The van der Waals surface area contributed by atoms with Crippen molar-refractivity contribution in [2.75, 3.05) is 26.8 Å². The van der Waals surface area contributed by atoms with Crippen LogP contribution in [0.1, 0.15) is 38.5 Å². The van der Waals surface area contributed by atoms with E-state index < -0.39 is 0 Å². The summed E-state index contributed by atoms with van der Waals surface area (Å²) in [5, 5.41) is 10.3. The van der Waals surface area contributed by atoms with Crippen LogP contribution in [0.4, 0.5) is 0 Å². The lowest BCUT2D eigenvalue weighted by Gasteiger charge is -2.23. The van der Waals surface area contributed by atoms with E-state index in [1.165, 1.54) is 0 Å². The highest BCUT2D eigenvalue weighted by Crippen LogP contribution is 2.32. The summed E-state index contributed by atoms with van der Waals surface area (Å²) in [6.45, 7) is 7.79. The van der Waals surface area contributed by atoms with Gasteiger partial charge in [0.15, 0.2) is 18.1 Å². The van der Waals surface area contributed by atoms with Crippen molar-refractivity contribution in [1.82, 2.24) is 20.7 Å². The average molecular weight is 597 g/mol. The van der Waals surface area contributed by atoms with Crippen molar-refractivity contribution < 1.29 is 28.3 Å². The summed E-state index contributed by atoms with van der Waals surface area (Å²) in [4.78, 5) is 28.6. The van der Waals surface area contributed by atoms with E-state index in [1.807, 2.05) is 81.4 Å². The van der Waals surface area contributed by atoms with Gasteiger partial charge >= 0.3 is 0 Å². The van der Waals surface area contributed by atoms with E-state index in [0.29, 0.717) is 49.0 Å². The number of benzene rings is 3. The van der Waals surface area contributed by atoms with Crippen molar-refractivity contribution in [3.8, 4) is 28.4 Å². The summed E-state index contributed by atoms with van der Waals surface area (Å²) >= 11 is 0. The molecule has 10 nitrogen and oxygen atoms in total. The largest absolute Gasteiger partial charge is 0.493 e. The number of likely N-dealkylation sites (tertiary alicyclic amines) is 1. The third kappa shape index (κ3) is 6.26. The zero-order chi connectivity index (χ0) is 30.8. The molecule has 0 spiro atoms. The number of nitrogens with one attached hydrogen (secondary N) is 2. The highest BCUT2D eigenvalue weighted by molar-refractivity contribution is 5.96. The molecule has 0 unspecified atom stereocenters. The van der Waals surface area contributed by atoms with Gasteiger partial charge in [0.25, 0.3) is 11.8 Å². The number of ether oxygens (including phenoxy) is 3. The van der Waals surface area contributed by atoms with Crippen LogP contribution >= 0.6 is 0 Å². The molecule has 0 aliphatic carbocycles. The Morgan fingerprint density at radius 3 is 2.66 bits per heavy atom. The van der Waals surface area contributed by atoms with Crippen molar-refractivity contribution >= 4 is 11.8 Å². The molecule has 2 N–H and O–H groups in total. The van der Waals surface area contributed by atoms with Crippen LogP contribution < -0.4 is 24.8 Å². The van der Waals surface area contributed by atoms with Crippen LogP contribution in [0.5, 0.6) is 17.2 Å². The van der Waals surface area contributed by atoms with Crippen LogP contribution in [0, 0.1) is 20.8 Å². The highest BCUT2D eigenvalue weighted by atomic mass is 16.5. The highest BCUT2D eigenvalue weighted by Gasteiger charge is 2.37. The van der Waals surface area contributed by atoms with E-state index in [4.69, 9.17) is 18.7 Å². The minimum absolute atomic E-state index is 0.128. The Balaban J connectivity index is 1.35. The number of rotatable bonds is 3. The minimum atomic E-state index is -0.358. The Labute approximate surface area is 256 Å². The number of hydrogen-bond acceptors (Lipinski definition) is 8. The molecule has 228 valence electrons. The monoisotopic (exact) mass is 596 g/mol.